The lowest BCUT2D eigenvalue weighted by Crippen LogP contribution is -2.30. The molecule has 0 aliphatic heterocycles. The Balaban J connectivity index is 3.83. The van der Waals surface area contributed by atoms with Crippen molar-refractivity contribution in [3.05, 3.63) is 0 Å². The third-order valence-electron chi connectivity index (χ3n) is 2.60. The predicted molar refractivity (Wildman–Crippen MR) is 63.0 cm³/mol. The van der Waals surface area contributed by atoms with Gasteiger partial charge in [0.05, 0.1) is 13.0 Å². The molecular formula is C12H23NO3. The fourth-order valence-corrected chi connectivity index (χ4v) is 1.22. The van der Waals surface area contributed by atoms with Crippen molar-refractivity contribution in [3.8, 4) is 0 Å². The molecule has 0 aromatic heterocycles. The molecule has 1 amide bonds. The first-order chi connectivity index (χ1) is 7.51. The van der Waals surface area contributed by atoms with Crippen LogP contribution in [0.15, 0.2) is 0 Å². The normalized spacial score (nSPS) is 12.0. The molecule has 0 aromatic carbocycles. The molecule has 16 heavy (non-hydrogen) atoms. The number of nitrogens with zero attached hydrogens (tertiary/aromatic N) is 1. The van der Waals surface area contributed by atoms with Crippen LogP contribution in [0.25, 0.3) is 0 Å². The standard InChI is InChI=1S/C12H23NO3/c1-5-10(3)9-11(14)13(4)8-7-12(15)16-6-2/h10H,5-9H2,1-4H3. The second-order valence-electron chi connectivity index (χ2n) is 4.09. The average Bonchev–Trinajstić information content (AvgIpc) is 2.25. The Hall–Kier alpha value is -1.06. The van der Waals surface area contributed by atoms with Crippen molar-refractivity contribution in [2.24, 2.45) is 5.92 Å². The zero-order chi connectivity index (χ0) is 12.6. The van der Waals surface area contributed by atoms with Crippen molar-refractivity contribution >= 4 is 11.9 Å². The molecule has 0 fully saturated rings. The summed E-state index contributed by atoms with van der Waals surface area (Å²) >= 11 is 0. The van der Waals surface area contributed by atoms with E-state index in [2.05, 4.69) is 13.8 Å². The van der Waals surface area contributed by atoms with Crippen molar-refractivity contribution in [2.75, 3.05) is 20.2 Å². The largest absolute Gasteiger partial charge is 0.466 e. The summed E-state index contributed by atoms with van der Waals surface area (Å²) in [4.78, 5) is 24.3. The third-order valence-corrected chi connectivity index (χ3v) is 2.60. The summed E-state index contributed by atoms with van der Waals surface area (Å²) in [6.45, 7) is 6.72. The highest BCUT2D eigenvalue weighted by Crippen LogP contribution is 2.08. The van der Waals surface area contributed by atoms with Gasteiger partial charge in [-0.3, -0.25) is 9.59 Å². The van der Waals surface area contributed by atoms with Crippen LogP contribution in [0.1, 0.15) is 40.0 Å². The number of ether oxygens (including phenoxy) is 1. The van der Waals surface area contributed by atoms with Gasteiger partial charge in [-0.05, 0) is 12.8 Å². The van der Waals surface area contributed by atoms with Gasteiger partial charge in [-0.1, -0.05) is 20.3 Å². The molecule has 0 spiro atoms. The number of amides is 1. The SMILES string of the molecule is CCOC(=O)CCN(C)C(=O)CC(C)CC. The van der Waals surface area contributed by atoms with Crippen LogP contribution >= 0.6 is 0 Å². The quantitative estimate of drug-likeness (QED) is 0.626. The number of carbonyl (C=O) groups excluding carboxylic acids is 2. The molecule has 0 aromatic rings. The summed E-state index contributed by atoms with van der Waals surface area (Å²) in [6, 6.07) is 0. The van der Waals surface area contributed by atoms with Gasteiger partial charge in [0.15, 0.2) is 0 Å². The zero-order valence-corrected chi connectivity index (χ0v) is 10.8. The summed E-state index contributed by atoms with van der Waals surface area (Å²) in [6.07, 6.45) is 1.82. The smallest absolute Gasteiger partial charge is 0.307 e. The molecule has 4 heteroatoms. The summed E-state index contributed by atoms with van der Waals surface area (Å²) in [5.41, 5.74) is 0. The van der Waals surface area contributed by atoms with Crippen molar-refractivity contribution in [1.82, 2.24) is 4.90 Å². The van der Waals surface area contributed by atoms with Crippen LogP contribution in [-0.2, 0) is 14.3 Å². The Morgan fingerprint density at radius 1 is 1.31 bits per heavy atom. The Labute approximate surface area is 98.0 Å². The Bertz CT molecular complexity index is 228. The Morgan fingerprint density at radius 3 is 2.44 bits per heavy atom. The van der Waals surface area contributed by atoms with Crippen LogP contribution in [0.5, 0.6) is 0 Å². The fourth-order valence-electron chi connectivity index (χ4n) is 1.22. The van der Waals surface area contributed by atoms with Gasteiger partial charge in [0.2, 0.25) is 5.91 Å². The molecule has 1 unspecified atom stereocenters. The highest BCUT2D eigenvalue weighted by molar-refractivity contribution is 5.77. The molecule has 0 radical (unpaired) electrons. The number of hydrogen-bond donors (Lipinski definition) is 0. The summed E-state index contributed by atoms with van der Waals surface area (Å²) in [5.74, 6) is 0.252. The molecule has 4 nitrogen and oxygen atoms in total. The summed E-state index contributed by atoms with van der Waals surface area (Å²) in [5, 5.41) is 0. The van der Waals surface area contributed by atoms with Gasteiger partial charge < -0.3 is 9.64 Å². The first kappa shape index (κ1) is 14.9. The lowest BCUT2D eigenvalue weighted by atomic mass is 10.0. The minimum absolute atomic E-state index is 0.0960. The van der Waals surface area contributed by atoms with Crippen LogP contribution in [0.2, 0.25) is 0 Å². The van der Waals surface area contributed by atoms with Crippen molar-refractivity contribution in [2.45, 2.75) is 40.0 Å². The van der Waals surface area contributed by atoms with E-state index in [0.29, 0.717) is 25.5 Å². The molecule has 0 heterocycles. The molecule has 0 rings (SSSR count). The first-order valence-corrected chi connectivity index (χ1v) is 5.90. The van der Waals surface area contributed by atoms with Gasteiger partial charge in [-0.2, -0.15) is 0 Å². The van der Waals surface area contributed by atoms with Crippen LogP contribution < -0.4 is 0 Å². The van der Waals surface area contributed by atoms with E-state index in [1.165, 1.54) is 0 Å². The van der Waals surface area contributed by atoms with Crippen molar-refractivity contribution in [1.29, 1.82) is 0 Å². The first-order valence-electron chi connectivity index (χ1n) is 5.90. The van der Waals surface area contributed by atoms with Crippen molar-refractivity contribution in [3.63, 3.8) is 0 Å². The number of rotatable bonds is 7. The molecule has 0 saturated carbocycles. The average molecular weight is 229 g/mol. The molecule has 0 aliphatic carbocycles. The number of carbonyl (C=O) groups is 2. The van der Waals surface area contributed by atoms with E-state index >= 15 is 0 Å². The van der Waals surface area contributed by atoms with Crippen molar-refractivity contribution < 1.29 is 14.3 Å². The molecule has 0 saturated heterocycles. The van der Waals surface area contributed by atoms with Gasteiger partial charge in [0.1, 0.15) is 0 Å². The Morgan fingerprint density at radius 2 is 1.94 bits per heavy atom. The van der Waals surface area contributed by atoms with E-state index in [1.807, 2.05) is 0 Å². The van der Waals surface area contributed by atoms with E-state index in [-0.39, 0.29) is 18.3 Å². The van der Waals surface area contributed by atoms with Crippen LogP contribution in [0.3, 0.4) is 0 Å². The maximum atomic E-state index is 11.7. The van der Waals surface area contributed by atoms with E-state index in [9.17, 15) is 9.59 Å². The highest BCUT2D eigenvalue weighted by atomic mass is 16.5. The lowest BCUT2D eigenvalue weighted by Gasteiger charge is -2.18. The molecule has 0 N–H and O–H groups in total. The second-order valence-corrected chi connectivity index (χ2v) is 4.09. The summed E-state index contributed by atoms with van der Waals surface area (Å²) in [7, 11) is 1.73. The molecular weight excluding hydrogens is 206 g/mol. The zero-order valence-electron chi connectivity index (χ0n) is 10.8. The van der Waals surface area contributed by atoms with E-state index < -0.39 is 0 Å². The maximum Gasteiger partial charge on any atom is 0.307 e. The monoisotopic (exact) mass is 229 g/mol. The highest BCUT2D eigenvalue weighted by Gasteiger charge is 2.13. The van der Waals surface area contributed by atoms with Crippen LogP contribution in [0.4, 0.5) is 0 Å². The number of esters is 1. The minimum Gasteiger partial charge on any atom is -0.466 e. The lowest BCUT2D eigenvalue weighted by molar-refractivity contribution is -0.143. The molecule has 1 atom stereocenters. The summed E-state index contributed by atoms with van der Waals surface area (Å²) < 4.78 is 4.80. The second kappa shape index (κ2) is 8.13. The van der Waals surface area contributed by atoms with Gasteiger partial charge in [0.25, 0.3) is 0 Å². The predicted octanol–water partition coefficient (Wildman–Crippen LogP) is 1.83. The van der Waals surface area contributed by atoms with Gasteiger partial charge in [-0.15, -0.1) is 0 Å². The Kier molecular flexibility index (Phi) is 7.60. The molecule has 0 aliphatic rings. The van der Waals surface area contributed by atoms with E-state index in [4.69, 9.17) is 4.74 Å². The van der Waals surface area contributed by atoms with E-state index in [1.54, 1.807) is 18.9 Å². The number of hydrogen-bond acceptors (Lipinski definition) is 3. The van der Waals surface area contributed by atoms with Gasteiger partial charge in [-0.25, -0.2) is 0 Å². The maximum absolute atomic E-state index is 11.7. The molecule has 0 bridgehead atoms. The van der Waals surface area contributed by atoms with E-state index in [0.717, 1.165) is 6.42 Å². The van der Waals surface area contributed by atoms with Crippen LogP contribution in [0, 0.1) is 5.92 Å². The van der Waals surface area contributed by atoms with Crippen LogP contribution in [-0.4, -0.2) is 37.0 Å². The van der Waals surface area contributed by atoms with Gasteiger partial charge >= 0.3 is 5.97 Å². The topological polar surface area (TPSA) is 46.6 Å². The van der Waals surface area contributed by atoms with Gasteiger partial charge in [0, 0.05) is 20.0 Å². The minimum atomic E-state index is -0.245. The molecule has 94 valence electrons. The fraction of sp³-hybridized carbons (Fsp3) is 0.833. The third kappa shape index (κ3) is 6.43.